The number of carbonyl (C=O) groups excluding carboxylic acids is 1. The van der Waals surface area contributed by atoms with Gasteiger partial charge in [-0.15, -0.1) is 11.3 Å². The van der Waals surface area contributed by atoms with Gasteiger partial charge in [-0.1, -0.05) is 0 Å². The van der Waals surface area contributed by atoms with Crippen molar-refractivity contribution in [2.45, 2.75) is 32.0 Å². The van der Waals surface area contributed by atoms with Gasteiger partial charge in [0, 0.05) is 24.5 Å². The molecule has 0 bridgehead atoms. The largest absolute Gasteiger partial charge is 0.378 e. The summed E-state index contributed by atoms with van der Waals surface area (Å²) in [6, 6.07) is 1.84. The zero-order chi connectivity index (χ0) is 14.7. The van der Waals surface area contributed by atoms with Crippen LogP contribution < -0.4 is 11.1 Å². The third kappa shape index (κ3) is 3.03. The maximum atomic E-state index is 12.1. The Morgan fingerprint density at radius 1 is 1.65 bits per heavy atom. The second-order valence-electron chi connectivity index (χ2n) is 5.21. The SMILES string of the molecule is CNC(=O)C1COCCN1C(c1sccc1C)C(C)N. The molecular formula is C14H23N3O2S. The van der Waals surface area contributed by atoms with Gasteiger partial charge in [-0.2, -0.15) is 0 Å². The van der Waals surface area contributed by atoms with Gasteiger partial charge in [-0.3, -0.25) is 9.69 Å². The van der Waals surface area contributed by atoms with E-state index in [-0.39, 0.29) is 24.0 Å². The van der Waals surface area contributed by atoms with Crippen molar-refractivity contribution in [3.05, 3.63) is 21.9 Å². The fourth-order valence-corrected chi connectivity index (χ4v) is 3.88. The van der Waals surface area contributed by atoms with E-state index in [0.29, 0.717) is 13.2 Å². The van der Waals surface area contributed by atoms with E-state index in [1.165, 1.54) is 10.4 Å². The standard InChI is InChI=1S/C14H23N3O2S/c1-9-4-7-20-13(9)12(10(2)15)17-5-6-19-8-11(17)14(18)16-3/h4,7,10-12H,5-6,8,15H2,1-3H3,(H,16,18). The van der Waals surface area contributed by atoms with Gasteiger partial charge in [0.15, 0.2) is 0 Å². The summed E-state index contributed by atoms with van der Waals surface area (Å²) in [7, 11) is 1.66. The second kappa shape index (κ2) is 6.67. The number of morpholine rings is 1. The lowest BCUT2D eigenvalue weighted by Crippen LogP contribution is -2.56. The molecule has 1 aromatic heterocycles. The van der Waals surface area contributed by atoms with Crippen molar-refractivity contribution in [3.63, 3.8) is 0 Å². The van der Waals surface area contributed by atoms with E-state index in [4.69, 9.17) is 10.5 Å². The van der Waals surface area contributed by atoms with Crippen molar-refractivity contribution < 1.29 is 9.53 Å². The number of rotatable bonds is 4. The van der Waals surface area contributed by atoms with Crippen LogP contribution in [0.15, 0.2) is 11.4 Å². The Balaban J connectivity index is 2.31. The molecule has 3 atom stereocenters. The van der Waals surface area contributed by atoms with Crippen molar-refractivity contribution >= 4 is 17.2 Å². The molecule has 112 valence electrons. The molecule has 0 saturated carbocycles. The first-order chi connectivity index (χ1) is 9.56. The van der Waals surface area contributed by atoms with Gasteiger partial charge in [-0.05, 0) is 30.9 Å². The first kappa shape index (κ1) is 15.4. The van der Waals surface area contributed by atoms with Crippen LogP contribution >= 0.6 is 11.3 Å². The summed E-state index contributed by atoms with van der Waals surface area (Å²) in [4.78, 5) is 15.5. The van der Waals surface area contributed by atoms with Crippen LogP contribution in [-0.4, -0.2) is 49.7 Å². The average molecular weight is 297 g/mol. The maximum Gasteiger partial charge on any atom is 0.239 e. The van der Waals surface area contributed by atoms with Crippen molar-refractivity contribution in [2.24, 2.45) is 5.73 Å². The number of aryl methyl sites for hydroxylation is 1. The molecule has 1 saturated heterocycles. The van der Waals surface area contributed by atoms with Gasteiger partial charge < -0.3 is 15.8 Å². The molecule has 0 aromatic carbocycles. The predicted molar refractivity (Wildman–Crippen MR) is 80.8 cm³/mol. The molecule has 1 aliphatic rings. The maximum absolute atomic E-state index is 12.1. The van der Waals surface area contributed by atoms with Gasteiger partial charge in [0.2, 0.25) is 5.91 Å². The number of thiophene rings is 1. The van der Waals surface area contributed by atoms with Crippen LogP contribution in [0, 0.1) is 6.92 Å². The van der Waals surface area contributed by atoms with E-state index in [1.54, 1.807) is 18.4 Å². The Morgan fingerprint density at radius 3 is 2.95 bits per heavy atom. The number of nitrogens with two attached hydrogens (primary N) is 1. The first-order valence-corrected chi connectivity index (χ1v) is 7.79. The van der Waals surface area contributed by atoms with E-state index >= 15 is 0 Å². The third-order valence-corrected chi connectivity index (χ3v) is 4.83. The fourth-order valence-electron chi connectivity index (χ4n) is 2.72. The highest BCUT2D eigenvalue weighted by molar-refractivity contribution is 7.10. The fraction of sp³-hybridized carbons (Fsp3) is 0.643. The number of ether oxygens (including phenoxy) is 1. The van der Waals surface area contributed by atoms with Crippen LogP contribution in [0.1, 0.15) is 23.4 Å². The molecule has 3 unspecified atom stereocenters. The summed E-state index contributed by atoms with van der Waals surface area (Å²) >= 11 is 1.71. The number of hydrogen-bond donors (Lipinski definition) is 2. The molecule has 1 aromatic rings. The van der Waals surface area contributed by atoms with Gasteiger partial charge >= 0.3 is 0 Å². The quantitative estimate of drug-likeness (QED) is 0.866. The Morgan fingerprint density at radius 2 is 2.40 bits per heavy atom. The van der Waals surface area contributed by atoms with E-state index in [9.17, 15) is 4.79 Å². The third-order valence-electron chi connectivity index (χ3n) is 3.74. The number of amides is 1. The van der Waals surface area contributed by atoms with Crippen molar-refractivity contribution in [3.8, 4) is 0 Å². The molecule has 1 amide bonds. The van der Waals surface area contributed by atoms with Crippen LogP contribution in [0.25, 0.3) is 0 Å². The Kier molecular flexibility index (Phi) is 5.15. The summed E-state index contributed by atoms with van der Waals surface area (Å²) in [5, 5.41) is 4.80. The summed E-state index contributed by atoms with van der Waals surface area (Å²) in [6.07, 6.45) is 0. The van der Waals surface area contributed by atoms with E-state index in [0.717, 1.165) is 6.54 Å². The Labute approximate surface area is 124 Å². The number of nitrogens with zero attached hydrogens (tertiary/aromatic N) is 1. The lowest BCUT2D eigenvalue weighted by Gasteiger charge is -2.41. The summed E-state index contributed by atoms with van der Waals surface area (Å²) < 4.78 is 5.47. The normalized spacial score (nSPS) is 23.3. The van der Waals surface area contributed by atoms with Crippen molar-refractivity contribution in [1.82, 2.24) is 10.2 Å². The first-order valence-electron chi connectivity index (χ1n) is 6.91. The van der Waals surface area contributed by atoms with Crippen LogP contribution in [0.2, 0.25) is 0 Å². The molecule has 3 N–H and O–H groups in total. The highest BCUT2D eigenvalue weighted by Gasteiger charge is 2.37. The van der Waals surface area contributed by atoms with Gasteiger partial charge in [0.1, 0.15) is 6.04 Å². The molecule has 1 fully saturated rings. The van der Waals surface area contributed by atoms with E-state index < -0.39 is 0 Å². The molecule has 0 spiro atoms. The topological polar surface area (TPSA) is 67.6 Å². The van der Waals surface area contributed by atoms with Gasteiger partial charge in [0.25, 0.3) is 0 Å². The summed E-state index contributed by atoms with van der Waals surface area (Å²) in [6.45, 7) is 5.88. The molecular weight excluding hydrogens is 274 g/mol. The minimum atomic E-state index is -0.272. The molecule has 0 radical (unpaired) electrons. The van der Waals surface area contributed by atoms with E-state index in [1.807, 2.05) is 6.92 Å². The number of nitrogens with one attached hydrogen (secondary N) is 1. The average Bonchev–Trinajstić information content (AvgIpc) is 2.85. The van der Waals surface area contributed by atoms with Gasteiger partial charge in [0.05, 0.1) is 19.3 Å². The number of likely N-dealkylation sites (N-methyl/N-ethyl adjacent to an activating group) is 1. The van der Waals surface area contributed by atoms with Crippen molar-refractivity contribution in [1.29, 1.82) is 0 Å². The monoisotopic (exact) mass is 297 g/mol. The Bertz CT molecular complexity index is 461. The van der Waals surface area contributed by atoms with E-state index in [2.05, 4.69) is 28.6 Å². The summed E-state index contributed by atoms with van der Waals surface area (Å²) in [5.74, 6) is -0.00967. The zero-order valence-corrected chi connectivity index (χ0v) is 13.1. The van der Waals surface area contributed by atoms with Crippen LogP contribution in [0.5, 0.6) is 0 Å². The molecule has 0 aliphatic carbocycles. The van der Waals surface area contributed by atoms with Gasteiger partial charge in [-0.25, -0.2) is 0 Å². The highest BCUT2D eigenvalue weighted by atomic mass is 32.1. The molecule has 5 nitrogen and oxygen atoms in total. The van der Waals surface area contributed by atoms with Crippen LogP contribution in [-0.2, 0) is 9.53 Å². The minimum Gasteiger partial charge on any atom is -0.378 e. The second-order valence-corrected chi connectivity index (χ2v) is 6.16. The summed E-state index contributed by atoms with van der Waals surface area (Å²) in [5.41, 5.74) is 7.46. The molecule has 1 aliphatic heterocycles. The predicted octanol–water partition coefficient (Wildman–Crippen LogP) is 0.892. The zero-order valence-electron chi connectivity index (χ0n) is 12.3. The smallest absolute Gasteiger partial charge is 0.239 e. The lowest BCUT2D eigenvalue weighted by molar-refractivity contribution is -0.134. The Hall–Kier alpha value is -0.950. The molecule has 6 heteroatoms. The molecule has 2 rings (SSSR count). The number of carbonyl (C=O) groups is 1. The van der Waals surface area contributed by atoms with Crippen LogP contribution in [0.3, 0.4) is 0 Å². The van der Waals surface area contributed by atoms with Crippen LogP contribution in [0.4, 0.5) is 0 Å². The molecule has 2 heterocycles. The number of hydrogen-bond acceptors (Lipinski definition) is 5. The lowest BCUT2D eigenvalue weighted by atomic mass is 10.0. The highest BCUT2D eigenvalue weighted by Crippen LogP contribution is 2.33. The molecule has 20 heavy (non-hydrogen) atoms. The van der Waals surface area contributed by atoms with Crippen molar-refractivity contribution in [2.75, 3.05) is 26.8 Å². The minimum absolute atomic E-state index is 0.00967.